The van der Waals surface area contributed by atoms with Crippen LogP contribution in [0.5, 0.6) is 5.75 Å². The molecule has 0 aliphatic carbocycles. The third kappa shape index (κ3) is 4.94. The number of benzene rings is 3. The van der Waals surface area contributed by atoms with Crippen molar-refractivity contribution in [3.8, 4) is 5.75 Å². The highest BCUT2D eigenvalue weighted by Crippen LogP contribution is 2.23. The van der Waals surface area contributed by atoms with Crippen molar-refractivity contribution in [2.45, 2.75) is 18.4 Å². The normalized spacial score (nSPS) is 14.8. The lowest BCUT2D eigenvalue weighted by molar-refractivity contribution is 0.0662. The van der Waals surface area contributed by atoms with Gasteiger partial charge in [-0.3, -0.25) is 4.79 Å². The molecule has 0 bridgehead atoms. The molecule has 0 unspecified atom stereocenters. The van der Waals surface area contributed by atoms with Gasteiger partial charge in [0.25, 0.3) is 5.91 Å². The lowest BCUT2D eigenvalue weighted by Gasteiger charge is -2.33. The lowest BCUT2D eigenvalue weighted by Crippen LogP contribution is -2.50. The van der Waals surface area contributed by atoms with Crippen molar-refractivity contribution in [1.82, 2.24) is 9.21 Å². The molecule has 0 radical (unpaired) electrons. The van der Waals surface area contributed by atoms with E-state index >= 15 is 0 Å². The van der Waals surface area contributed by atoms with Crippen LogP contribution in [-0.4, -0.2) is 49.7 Å². The van der Waals surface area contributed by atoms with Crippen molar-refractivity contribution in [2.24, 2.45) is 0 Å². The number of piperazine rings is 1. The molecule has 8 heteroatoms. The van der Waals surface area contributed by atoms with Gasteiger partial charge in [0.15, 0.2) is 5.76 Å². The van der Waals surface area contributed by atoms with Crippen molar-refractivity contribution in [2.75, 3.05) is 26.2 Å². The molecular weight excluding hydrogens is 464 g/mol. The Kier molecular flexibility index (Phi) is 6.32. The van der Waals surface area contributed by atoms with Crippen LogP contribution in [0, 0.1) is 6.92 Å². The number of hydrogen-bond donors (Lipinski definition) is 0. The minimum atomic E-state index is -3.58. The van der Waals surface area contributed by atoms with Crippen LogP contribution < -0.4 is 4.74 Å². The van der Waals surface area contributed by atoms with Crippen LogP contribution in [0.4, 0.5) is 0 Å². The zero-order valence-corrected chi connectivity index (χ0v) is 20.2. The molecule has 7 nitrogen and oxygen atoms in total. The Hall–Kier alpha value is -3.62. The second kappa shape index (κ2) is 9.56. The van der Waals surface area contributed by atoms with Crippen LogP contribution in [0.2, 0.25) is 0 Å². The maximum atomic E-state index is 12.9. The van der Waals surface area contributed by atoms with E-state index in [-0.39, 0.29) is 36.3 Å². The number of carbonyl (C=O) groups is 1. The monoisotopic (exact) mass is 490 g/mol. The molecule has 2 heterocycles. The topological polar surface area (TPSA) is 80.1 Å². The second-order valence-electron chi connectivity index (χ2n) is 8.57. The summed E-state index contributed by atoms with van der Waals surface area (Å²) in [5.41, 5.74) is 1.000. The number of amides is 1. The third-order valence-corrected chi connectivity index (χ3v) is 8.07. The molecule has 0 N–H and O–H groups in total. The minimum absolute atomic E-state index is 0.203. The molecule has 0 atom stereocenters. The largest absolute Gasteiger partial charge is 0.486 e. The Morgan fingerprint density at radius 1 is 0.886 bits per heavy atom. The van der Waals surface area contributed by atoms with Crippen LogP contribution in [0.25, 0.3) is 10.8 Å². The fourth-order valence-electron chi connectivity index (χ4n) is 4.13. The first kappa shape index (κ1) is 23.1. The maximum Gasteiger partial charge on any atom is 0.289 e. The molecule has 4 aromatic rings. The van der Waals surface area contributed by atoms with Gasteiger partial charge in [0.05, 0.1) is 4.90 Å². The molecule has 0 saturated carbocycles. The van der Waals surface area contributed by atoms with Crippen LogP contribution >= 0.6 is 0 Å². The first-order valence-corrected chi connectivity index (χ1v) is 12.9. The molecule has 1 aliphatic rings. The third-order valence-electron chi connectivity index (χ3n) is 6.16. The van der Waals surface area contributed by atoms with Crippen LogP contribution in [-0.2, 0) is 16.6 Å². The molecule has 1 amide bonds. The van der Waals surface area contributed by atoms with Crippen molar-refractivity contribution in [3.05, 3.63) is 95.9 Å². The number of ether oxygens (including phenoxy) is 1. The van der Waals surface area contributed by atoms with Gasteiger partial charge in [0.1, 0.15) is 18.1 Å². The van der Waals surface area contributed by atoms with Gasteiger partial charge < -0.3 is 14.1 Å². The number of fused-ring (bicyclic) bond motifs is 1. The summed E-state index contributed by atoms with van der Waals surface area (Å²) in [7, 11) is -3.58. The summed E-state index contributed by atoms with van der Waals surface area (Å²) in [5, 5.41) is 2.22. The van der Waals surface area contributed by atoms with E-state index in [1.54, 1.807) is 41.3 Å². The average Bonchev–Trinajstić information content (AvgIpc) is 3.36. The van der Waals surface area contributed by atoms with Gasteiger partial charge >= 0.3 is 0 Å². The van der Waals surface area contributed by atoms with Crippen molar-refractivity contribution in [3.63, 3.8) is 0 Å². The lowest BCUT2D eigenvalue weighted by atomic mass is 10.1. The van der Waals surface area contributed by atoms with Gasteiger partial charge in [0, 0.05) is 26.2 Å². The number of nitrogens with zero attached hydrogens (tertiary/aromatic N) is 2. The quantitative estimate of drug-likeness (QED) is 0.399. The van der Waals surface area contributed by atoms with E-state index in [1.807, 2.05) is 49.4 Å². The molecule has 35 heavy (non-hydrogen) atoms. The van der Waals surface area contributed by atoms with Gasteiger partial charge in [-0.15, -0.1) is 0 Å². The summed E-state index contributed by atoms with van der Waals surface area (Å²) >= 11 is 0. The van der Waals surface area contributed by atoms with Crippen LogP contribution in [0.15, 0.2) is 88.2 Å². The summed E-state index contributed by atoms with van der Waals surface area (Å²) in [6, 6.07) is 24.1. The Labute approximate surface area is 204 Å². The molecule has 5 rings (SSSR count). The number of aryl methyl sites for hydroxylation is 1. The van der Waals surface area contributed by atoms with E-state index in [1.165, 1.54) is 4.31 Å². The first-order chi connectivity index (χ1) is 16.9. The fraction of sp³-hybridized carbons (Fsp3) is 0.222. The van der Waals surface area contributed by atoms with E-state index < -0.39 is 10.0 Å². The van der Waals surface area contributed by atoms with E-state index in [0.717, 1.165) is 22.1 Å². The Morgan fingerprint density at radius 2 is 1.60 bits per heavy atom. The smallest absolute Gasteiger partial charge is 0.289 e. The highest BCUT2D eigenvalue weighted by molar-refractivity contribution is 7.89. The molecule has 180 valence electrons. The number of carbonyl (C=O) groups excluding carboxylic acids is 1. The highest BCUT2D eigenvalue weighted by atomic mass is 32.2. The van der Waals surface area contributed by atoms with E-state index in [9.17, 15) is 13.2 Å². The van der Waals surface area contributed by atoms with Gasteiger partial charge in [-0.05, 0) is 54.1 Å². The molecule has 1 aliphatic heterocycles. The molecule has 1 fully saturated rings. The zero-order valence-electron chi connectivity index (χ0n) is 19.4. The number of furan rings is 1. The zero-order chi connectivity index (χ0) is 24.4. The summed E-state index contributed by atoms with van der Waals surface area (Å²) in [4.78, 5) is 14.8. The van der Waals surface area contributed by atoms with Crippen LogP contribution in [0.3, 0.4) is 0 Å². The van der Waals surface area contributed by atoms with Crippen molar-refractivity contribution in [1.29, 1.82) is 0 Å². The Balaban J connectivity index is 1.18. The van der Waals surface area contributed by atoms with Crippen molar-refractivity contribution >= 4 is 26.7 Å². The molecule has 1 saturated heterocycles. The Bertz CT molecular complexity index is 1450. The maximum absolute atomic E-state index is 12.9. The number of rotatable bonds is 6. The molecule has 3 aromatic carbocycles. The van der Waals surface area contributed by atoms with E-state index in [2.05, 4.69) is 0 Å². The van der Waals surface area contributed by atoms with E-state index in [4.69, 9.17) is 9.15 Å². The average molecular weight is 491 g/mol. The fourth-order valence-corrected chi connectivity index (χ4v) is 5.55. The predicted molar refractivity (Wildman–Crippen MR) is 133 cm³/mol. The summed E-state index contributed by atoms with van der Waals surface area (Å²) < 4.78 is 38.8. The van der Waals surface area contributed by atoms with Gasteiger partial charge in [-0.25, -0.2) is 8.42 Å². The Morgan fingerprint density at radius 3 is 2.34 bits per heavy atom. The summed E-state index contributed by atoms with van der Waals surface area (Å²) in [6.45, 7) is 3.19. The van der Waals surface area contributed by atoms with Gasteiger partial charge in [-0.1, -0.05) is 48.0 Å². The second-order valence-corrected chi connectivity index (χ2v) is 10.5. The number of hydrogen-bond acceptors (Lipinski definition) is 5. The predicted octanol–water partition coefficient (Wildman–Crippen LogP) is 4.47. The molecule has 0 spiro atoms. The highest BCUT2D eigenvalue weighted by Gasteiger charge is 2.31. The minimum Gasteiger partial charge on any atom is -0.486 e. The van der Waals surface area contributed by atoms with E-state index in [0.29, 0.717) is 18.8 Å². The molecular formula is C27H26N2O5S. The number of sulfonamides is 1. The first-order valence-electron chi connectivity index (χ1n) is 11.5. The van der Waals surface area contributed by atoms with Gasteiger partial charge in [-0.2, -0.15) is 4.31 Å². The summed E-state index contributed by atoms with van der Waals surface area (Å²) in [5.74, 6) is 1.23. The van der Waals surface area contributed by atoms with Crippen molar-refractivity contribution < 1.29 is 22.4 Å². The van der Waals surface area contributed by atoms with Crippen LogP contribution in [0.1, 0.15) is 21.9 Å². The van der Waals surface area contributed by atoms with Gasteiger partial charge in [0.2, 0.25) is 10.0 Å². The SMILES string of the molecule is Cc1ccc(S(=O)(=O)N2CCN(C(=O)c3ccc(COc4ccc5ccccc5c4)o3)CC2)cc1. The standard InChI is InChI=1S/C27H26N2O5S/c1-20-6-11-25(12-7-20)35(31,32)29-16-14-28(15-17-29)27(30)26-13-10-24(34-26)19-33-23-9-8-21-4-2-3-5-22(21)18-23/h2-13,18H,14-17,19H2,1H3. The molecule has 1 aromatic heterocycles. The summed E-state index contributed by atoms with van der Waals surface area (Å²) in [6.07, 6.45) is 0.